The molecule has 3 rings (SSSR count). The molecule has 2 amide bonds. The molecule has 2 aromatic rings. The number of anilines is 2. The fourth-order valence-corrected chi connectivity index (χ4v) is 3.40. The number of nitrogens with zero attached hydrogens (tertiary/aromatic N) is 2. The summed E-state index contributed by atoms with van der Waals surface area (Å²) < 4.78 is 18.3. The number of carbonyl (C=O) groups is 2. The van der Waals surface area contributed by atoms with Crippen molar-refractivity contribution in [1.82, 2.24) is 4.90 Å². The van der Waals surface area contributed by atoms with Gasteiger partial charge in [0.05, 0.1) is 12.8 Å². The summed E-state index contributed by atoms with van der Waals surface area (Å²) in [4.78, 5) is 28.5. The molecule has 2 aromatic carbocycles. The standard InChI is InChI=1S/C22H26FN3O3/c1-29-20-6-3-2-5-19(20)25-13-15-26(16-14-25)22(28)8-4-7-21(27)24-18-11-9-17(23)10-12-18/h2-3,5-6,9-12H,4,7-8,13-16H2,1H3,(H,24,27). The zero-order valence-electron chi connectivity index (χ0n) is 16.6. The maximum atomic E-state index is 12.9. The Morgan fingerprint density at radius 3 is 2.38 bits per heavy atom. The first-order valence-corrected chi connectivity index (χ1v) is 9.78. The number of hydrogen-bond donors (Lipinski definition) is 1. The van der Waals surface area contributed by atoms with Crippen LogP contribution >= 0.6 is 0 Å². The monoisotopic (exact) mass is 399 g/mol. The van der Waals surface area contributed by atoms with Crippen molar-refractivity contribution >= 4 is 23.2 Å². The highest BCUT2D eigenvalue weighted by atomic mass is 19.1. The molecule has 1 heterocycles. The van der Waals surface area contributed by atoms with E-state index in [1.54, 1.807) is 7.11 Å². The minimum absolute atomic E-state index is 0.0688. The summed E-state index contributed by atoms with van der Waals surface area (Å²) in [6, 6.07) is 13.5. The highest BCUT2D eigenvalue weighted by Crippen LogP contribution is 2.28. The van der Waals surface area contributed by atoms with Crippen molar-refractivity contribution in [2.24, 2.45) is 0 Å². The Morgan fingerprint density at radius 1 is 1.00 bits per heavy atom. The van der Waals surface area contributed by atoms with Crippen molar-refractivity contribution < 1.29 is 18.7 Å². The van der Waals surface area contributed by atoms with Gasteiger partial charge in [0.25, 0.3) is 0 Å². The smallest absolute Gasteiger partial charge is 0.224 e. The minimum Gasteiger partial charge on any atom is -0.495 e. The van der Waals surface area contributed by atoms with Crippen LogP contribution < -0.4 is 15.0 Å². The zero-order valence-corrected chi connectivity index (χ0v) is 16.6. The lowest BCUT2D eigenvalue weighted by Crippen LogP contribution is -2.48. The van der Waals surface area contributed by atoms with Crippen molar-refractivity contribution in [2.75, 3.05) is 43.5 Å². The van der Waals surface area contributed by atoms with Crippen LogP contribution in [-0.4, -0.2) is 50.0 Å². The third-order valence-corrected chi connectivity index (χ3v) is 4.98. The number of rotatable bonds is 7. The van der Waals surface area contributed by atoms with Gasteiger partial charge in [-0.15, -0.1) is 0 Å². The van der Waals surface area contributed by atoms with Crippen LogP contribution in [0.25, 0.3) is 0 Å². The van der Waals surface area contributed by atoms with Crippen LogP contribution in [0.15, 0.2) is 48.5 Å². The largest absolute Gasteiger partial charge is 0.495 e. The van der Waals surface area contributed by atoms with Crippen LogP contribution in [0.2, 0.25) is 0 Å². The second-order valence-corrected chi connectivity index (χ2v) is 6.95. The summed E-state index contributed by atoms with van der Waals surface area (Å²) in [5.74, 6) is 0.378. The number of carbonyl (C=O) groups excluding carboxylic acids is 2. The molecule has 1 fully saturated rings. The summed E-state index contributed by atoms with van der Waals surface area (Å²) in [6.45, 7) is 2.80. The van der Waals surface area contributed by atoms with E-state index in [4.69, 9.17) is 4.74 Å². The summed E-state index contributed by atoms with van der Waals surface area (Å²) in [7, 11) is 1.66. The van der Waals surface area contributed by atoms with Gasteiger partial charge < -0.3 is 19.9 Å². The minimum atomic E-state index is -0.348. The second-order valence-electron chi connectivity index (χ2n) is 6.95. The van der Waals surface area contributed by atoms with Gasteiger partial charge >= 0.3 is 0 Å². The van der Waals surface area contributed by atoms with Crippen molar-refractivity contribution in [3.8, 4) is 5.75 Å². The summed E-state index contributed by atoms with van der Waals surface area (Å²) >= 11 is 0. The summed E-state index contributed by atoms with van der Waals surface area (Å²) in [5.41, 5.74) is 1.59. The Morgan fingerprint density at radius 2 is 1.69 bits per heavy atom. The fourth-order valence-electron chi connectivity index (χ4n) is 3.40. The van der Waals surface area contributed by atoms with E-state index < -0.39 is 0 Å². The van der Waals surface area contributed by atoms with E-state index >= 15 is 0 Å². The van der Waals surface area contributed by atoms with E-state index in [0.717, 1.165) is 24.5 Å². The van der Waals surface area contributed by atoms with Crippen molar-refractivity contribution in [2.45, 2.75) is 19.3 Å². The molecule has 0 saturated carbocycles. The second kappa shape index (κ2) is 9.91. The highest BCUT2D eigenvalue weighted by molar-refractivity contribution is 5.91. The fraction of sp³-hybridized carbons (Fsp3) is 0.364. The predicted molar refractivity (Wildman–Crippen MR) is 111 cm³/mol. The van der Waals surface area contributed by atoms with Crippen LogP contribution in [-0.2, 0) is 9.59 Å². The molecule has 1 saturated heterocycles. The molecule has 1 aliphatic rings. The lowest BCUT2D eigenvalue weighted by atomic mass is 10.2. The van der Waals surface area contributed by atoms with Gasteiger partial charge in [0.15, 0.2) is 0 Å². The molecule has 0 unspecified atom stereocenters. The maximum Gasteiger partial charge on any atom is 0.224 e. The Hall–Kier alpha value is -3.09. The van der Waals surface area contributed by atoms with E-state index in [1.165, 1.54) is 24.3 Å². The van der Waals surface area contributed by atoms with Gasteiger partial charge in [-0.2, -0.15) is 0 Å². The summed E-state index contributed by atoms with van der Waals surface area (Å²) in [5, 5.41) is 2.71. The molecule has 0 radical (unpaired) electrons. The Balaban J connectivity index is 1.39. The molecule has 0 atom stereocenters. The molecule has 0 bridgehead atoms. The number of piperazine rings is 1. The van der Waals surface area contributed by atoms with Gasteiger partial charge in [-0.25, -0.2) is 4.39 Å². The SMILES string of the molecule is COc1ccccc1N1CCN(C(=O)CCCC(=O)Nc2ccc(F)cc2)CC1. The number of para-hydroxylation sites is 2. The first-order chi connectivity index (χ1) is 14.1. The molecular formula is C22H26FN3O3. The third kappa shape index (κ3) is 5.70. The van der Waals surface area contributed by atoms with Gasteiger partial charge in [-0.05, 0) is 42.8 Å². The number of nitrogens with one attached hydrogen (secondary N) is 1. The molecule has 1 N–H and O–H groups in total. The average molecular weight is 399 g/mol. The lowest BCUT2D eigenvalue weighted by Gasteiger charge is -2.36. The van der Waals surface area contributed by atoms with Gasteiger partial charge in [0.2, 0.25) is 11.8 Å². The Kier molecular flexibility index (Phi) is 7.05. The quantitative estimate of drug-likeness (QED) is 0.776. The van der Waals surface area contributed by atoms with Crippen LogP contribution in [0.4, 0.5) is 15.8 Å². The molecule has 1 aliphatic heterocycles. The normalized spacial score (nSPS) is 13.9. The number of hydrogen-bond acceptors (Lipinski definition) is 4. The van der Waals surface area contributed by atoms with Crippen molar-refractivity contribution in [1.29, 1.82) is 0 Å². The molecule has 6 nitrogen and oxygen atoms in total. The average Bonchev–Trinajstić information content (AvgIpc) is 2.75. The number of amides is 2. The van der Waals surface area contributed by atoms with Crippen LogP contribution in [0.5, 0.6) is 5.75 Å². The zero-order chi connectivity index (χ0) is 20.6. The molecule has 0 aliphatic carbocycles. The Bertz CT molecular complexity index is 833. The number of ether oxygens (including phenoxy) is 1. The molecule has 29 heavy (non-hydrogen) atoms. The van der Waals surface area contributed by atoms with E-state index in [-0.39, 0.29) is 24.1 Å². The van der Waals surface area contributed by atoms with E-state index in [1.807, 2.05) is 29.2 Å². The number of benzene rings is 2. The van der Waals surface area contributed by atoms with Gasteiger partial charge in [-0.3, -0.25) is 9.59 Å². The van der Waals surface area contributed by atoms with Crippen LogP contribution in [0.3, 0.4) is 0 Å². The van der Waals surface area contributed by atoms with E-state index in [2.05, 4.69) is 10.2 Å². The molecule has 0 aromatic heterocycles. The molecule has 7 heteroatoms. The predicted octanol–water partition coefficient (Wildman–Crippen LogP) is 3.29. The van der Waals surface area contributed by atoms with Gasteiger partial charge in [0.1, 0.15) is 11.6 Å². The van der Waals surface area contributed by atoms with E-state index in [0.29, 0.717) is 31.6 Å². The van der Waals surface area contributed by atoms with E-state index in [9.17, 15) is 14.0 Å². The topological polar surface area (TPSA) is 61.9 Å². The van der Waals surface area contributed by atoms with Crippen molar-refractivity contribution in [3.63, 3.8) is 0 Å². The highest BCUT2D eigenvalue weighted by Gasteiger charge is 2.22. The Labute approximate surface area is 170 Å². The molecule has 154 valence electrons. The van der Waals surface area contributed by atoms with Gasteiger partial charge in [0, 0.05) is 44.7 Å². The number of methoxy groups -OCH3 is 1. The van der Waals surface area contributed by atoms with Gasteiger partial charge in [-0.1, -0.05) is 12.1 Å². The van der Waals surface area contributed by atoms with Crippen LogP contribution in [0, 0.1) is 5.82 Å². The first-order valence-electron chi connectivity index (χ1n) is 9.78. The lowest BCUT2D eigenvalue weighted by molar-refractivity contribution is -0.131. The van der Waals surface area contributed by atoms with Crippen LogP contribution in [0.1, 0.15) is 19.3 Å². The third-order valence-electron chi connectivity index (χ3n) is 4.98. The summed E-state index contributed by atoms with van der Waals surface area (Å²) in [6.07, 6.45) is 1.08. The molecular weight excluding hydrogens is 373 g/mol. The van der Waals surface area contributed by atoms with Crippen molar-refractivity contribution in [3.05, 3.63) is 54.3 Å². The number of halogens is 1. The first kappa shape index (κ1) is 20.6. The molecule has 0 spiro atoms. The maximum absolute atomic E-state index is 12.9.